The van der Waals surface area contributed by atoms with Gasteiger partial charge in [-0.25, -0.2) is 4.99 Å². The first-order valence-electron chi connectivity index (χ1n) is 11.3. The fourth-order valence-corrected chi connectivity index (χ4v) is 4.49. The first-order chi connectivity index (χ1) is 15.0. The third-order valence-corrected chi connectivity index (χ3v) is 6.15. The van der Waals surface area contributed by atoms with Gasteiger partial charge in [-0.1, -0.05) is 26.0 Å². The topological polar surface area (TPSA) is 68.8 Å². The Morgan fingerprint density at radius 2 is 2.00 bits per heavy atom. The zero-order valence-electron chi connectivity index (χ0n) is 19.3. The molecule has 0 radical (unpaired) electrons. The Labute approximate surface area is 213 Å². The number of halogens is 1. The van der Waals surface area contributed by atoms with Crippen molar-refractivity contribution in [2.75, 3.05) is 29.9 Å². The Bertz CT molecular complexity index is 848. The lowest BCUT2D eigenvalue weighted by atomic mass is 10.1. The van der Waals surface area contributed by atoms with Gasteiger partial charge < -0.3 is 20.9 Å². The van der Waals surface area contributed by atoms with Crippen LogP contribution in [0.2, 0.25) is 0 Å². The number of thiophene rings is 1. The predicted molar refractivity (Wildman–Crippen MR) is 147 cm³/mol. The number of anilines is 2. The highest BCUT2D eigenvalue weighted by atomic mass is 127. The molecule has 3 rings (SSSR count). The number of guanidine groups is 1. The van der Waals surface area contributed by atoms with Crippen LogP contribution in [-0.4, -0.2) is 37.5 Å². The molecule has 0 spiro atoms. The SMILES string of the molecule is CCNC(=NCc1cccc(NC(=O)CC(C)C)c1)NC1CCN(c2cccs2)CC1.I. The zero-order valence-corrected chi connectivity index (χ0v) is 22.4. The van der Waals surface area contributed by atoms with Crippen molar-refractivity contribution in [3.8, 4) is 0 Å². The highest BCUT2D eigenvalue weighted by molar-refractivity contribution is 14.0. The van der Waals surface area contributed by atoms with Crippen molar-refractivity contribution >= 4 is 57.9 Å². The first kappa shape index (κ1) is 26.4. The van der Waals surface area contributed by atoms with Crippen molar-refractivity contribution in [3.05, 3.63) is 47.3 Å². The standard InChI is InChI=1S/C24H35N5OS.HI/c1-4-25-24(28-20-10-12-29(13-11-20)23-9-6-14-31-23)26-17-19-7-5-8-21(16-19)27-22(30)15-18(2)3;/h5-9,14,16,18,20H,4,10-13,15,17H2,1-3H3,(H,27,30)(H2,25,26,28);1H. The highest BCUT2D eigenvalue weighted by Crippen LogP contribution is 2.24. The molecule has 0 saturated carbocycles. The van der Waals surface area contributed by atoms with E-state index in [-0.39, 0.29) is 29.9 Å². The maximum Gasteiger partial charge on any atom is 0.224 e. The minimum absolute atomic E-state index is 0. The number of piperidine rings is 1. The highest BCUT2D eigenvalue weighted by Gasteiger charge is 2.20. The normalized spacial score (nSPS) is 14.8. The van der Waals surface area contributed by atoms with Crippen molar-refractivity contribution < 1.29 is 4.79 Å². The predicted octanol–water partition coefficient (Wildman–Crippen LogP) is 5.07. The van der Waals surface area contributed by atoms with Crippen LogP contribution in [0.15, 0.2) is 46.8 Å². The number of rotatable bonds is 8. The molecule has 8 heteroatoms. The van der Waals surface area contributed by atoms with Crippen LogP contribution in [-0.2, 0) is 11.3 Å². The Balaban J connectivity index is 0.00000363. The van der Waals surface area contributed by atoms with E-state index in [1.165, 1.54) is 5.00 Å². The van der Waals surface area contributed by atoms with Gasteiger partial charge in [-0.2, -0.15) is 0 Å². The van der Waals surface area contributed by atoms with Gasteiger partial charge in [0, 0.05) is 37.8 Å². The van der Waals surface area contributed by atoms with E-state index in [1.807, 2.05) is 49.4 Å². The fourth-order valence-electron chi connectivity index (χ4n) is 3.71. The molecule has 1 aromatic heterocycles. The molecule has 3 N–H and O–H groups in total. The molecule has 1 aliphatic rings. The Morgan fingerprint density at radius 3 is 2.66 bits per heavy atom. The average Bonchev–Trinajstić information content (AvgIpc) is 3.27. The van der Waals surface area contributed by atoms with E-state index in [1.54, 1.807) is 0 Å². The molecule has 32 heavy (non-hydrogen) atoms. The molecule has 2 aromatic rings. The quantitative estimate of drug-likeness (QED) is 0.236. The number of hydrogen-bond donors (Lipinski definition) is 3. The van der Waals surface area contributed by atoms with E-state index in [4.69, 9.17) is 4.99 Å². The van der Waals surface area contributed by atoms with E-state index in [0.29, 0.717) is 24.9 Å². The van der Waals surface area contributed by atoms with Crippen molar-refractivity contribution in [2.45, 2.75) is 52.6 Å². The molecule has 6 nitrogen and oxygen atoms in total. The summed E-state index contributed by atoms with van der Waals surface area (Å²) in [6, 6.07) is 12.7. The van der Waals surface area contributed by atoms with Crippen LogP contribution < -0.4 is 20.9 Å². The minimum Gasteiger partial charge on any atom is -0.363 e. The number of benzene rings is 1. The number of amides is 1. The van der Waals surface area contributed by atoms with Gasteiger partial charge in [0.05, 0.1) is 11.5 Å². The van der Waals surface area contributed by atoms with Crippen molar-refractivity contribution in [3.63, 3.8) is 0 Å². The van der Waals surface area contributed by atoms with Crippen LogP contribution in [0.5, 0.6) is 0 Å². The molecule has 1 aromatic carbocycles. The molecule has 0 bridgehead atoms. The van der Waals surface area contributed by atoms with Gasteiger partial charge in [0.25, 0.3) is 0 Å². The second-order valence-electron chi connectivity index (χ2n) is 8.40. The molecule has 0 atom stereocenters. The third kappa shape index (κ3) is 8.61. The molecule has 1 saturated heterocycles. The summed E-state index contributed by atoms with van der Waals surface area (Å²) in [6.45, 7) is 9.70. The molecule has 0 unspecified atom stereocenters. The molecule has 1 fully saturated rings. The Morgan fingerprint density at radius 1 is 1.22 bits per heavy atom. The molecule has 176 valence electrons. The molecule has 1 aliphatic heterocycles. The van der Waals surface area contributed by atoms with Gasteiger partial charge in [-0.3, -0.25) is 4.79 Å². The Hall–Kier alpha value is -1.81. The first-order valence-corrected chi connectivity index (χ1v) is 12.1. The average molecular weight is 570 g/mol. The summed E-state index contributed by atoms with van der Waals surface area (Å²) in [4.78, 5) is 19.3. The lowest BCUT2D eigenvalue weighted by Gasteiger charge is -2.33. The maximum atomic E-state index is 12.0. The fraction of sp³-hybridized carbons (Fsp3) is 0.500. The second-order valence-corrected chi connectivity index (χ2v) is 9.32. The summed E-state index contributed by atoms with van der Waals surface area (Å²) in [5, 5.41) is 13.5. The second kappa shape index (κ2) is 13.7. The molecular formula is C24H36IN5OS. The number of carbonyl (C=O) groups is 1. The van der Waals surface area contributed by atoms with Gasteiger partial charge in [-0.15, -0.1) is 35.3 Å². The van der Waals surface area contributed by atoms with E-state index in [2.05, 4.69) is 45.3 Å². The largest absolute Gasteiger partial charge is 0.363 e. The summed E-state index contributed by atoms with van der Waals surface area (Å²) >= 11 is 1.81. The number of aliphatic imine (C=N–C) groups is 1. The van der Waals surface area contributed by atoms with Gasteiger partial charge in [0.1, 0.15) is 0 Å². The number of carbonyl (C=O) groups excluding carboxylic acids is 1. The van der Waals surface area contributed by atoms with Crippen LogP contribution in [0.1, 0.15) is 45.6 Å². The van der Waals surface area contributed by atoms with E-state index in [0.717, 1.165) is 49.7 Å². The molecule has 1 amide bonds. The van der Waals surface area contributed by atoms with Crippen molar-refractivity contribution in [1.82, 2.24) is 10.6 Å². The lowest BCUT2D eigenvalue weighted by Crippen LogP contribution is -2.48. The van der Waals surface area contributed by atoms with Crippen molar-refractivity contribution in [1.29, 1.82) is 0 Å². The van der Waals surface area contributed by atoms with Crippen LogP contribution in [0.3, 0.4) is 0 Å². The smallest absolute Gasteiger partial charge is 0.224 e. The van der Waals surface area contributed by atoms with Gasteiger partial charge in [0.15, 0.2) is 5.96 Å². The van der Waals surface area contributed by atoms with Gasteiger partial charge >= 0.3 is 0 Å². The van der Waals surface area contributed by atoms with Crippen LogP contribution in [0.25, 0.3) is 0 Å². The van der Waals surface area contributed by atoms with Gasteiger partial charge in [0.2, 0.25) is 5.91 Å². The number of hydrogen-bond acceptors (Lipinski definition) is 4. The maximum absolute atomic E-state index is 12.0. The van der Waals surface area contributed by atoms with Crippen LogP contribution in [0.4, 0.5) is 10.7 Å². The van der Waals surface area contributed by atoms with E-state index in [9.17, 15) is 4.79 Å². The van der Waals surface area contributed by atoms with Gasteiger partial charge in [-0.05, 0) is 60.9 Å². The summed E-state index contributed by atoms with van der Waals surface area (Å²) in [5.74, 6) is 1.25. The lowest BCUT2D eigenvalue weighted by molar-refractivity contribution is -0.116. The summed E-state index contributed by atoms with van der Waals surface area (Å²) in [6.07, 6.45) is 2.72. The monoisotopic (exact) mass is 569 g/mol. The summed E-state index contributed by atoms with van der Waals surface area (Å²) in [7, 11) is 0. The third-order valence-electron chi connectivity index (χ3n) is 5.22. The van der Waals surface area contributed by atoms with Crippen LogP contribution in [0, 0.1) is 5.92 Å². The minimum atomic E-state index is 0. The number of nitrogens with zero attached hydrogens (tertiary/aromatic N) is 2. The molecule has 2 heterocycles. The van der Waals surface area contributed by atoms with Crippen LogP contribution >= 0.6 is 35.3 Å². The Kier molecular flexibility index (Phi) is 11.3. The van der Waals surface area contributed by atoms with E-state index >= 15 is 0 Å². The summed E-state index contributed by atoms with van der Waals surface area (Å²) in [5.41, 5.74) is 1.91. The molecule has 0 aliphatic carbocycles. The van der Waals surface area contributed by atoms with Crippen molar-refractivity contribution in [2.24, 2.45) is 10.9 Å². The summed E-state index contributed by atoms with van der Waals surface area (Å²) < 4.78 is 0. The number of nitrogens with one attached hydrogen (secondary N) is 3. The van der Waals surface area contributed by atoms with E-state index < -0.39 is 0 Å². The molecular weight excluding hydrogens is 533 g/mol. The zero-order chi connectivity index (χ0) is 22.1.